The van der Waals surface area contributed by atoms with Crippen molar-refractivity contribution in [3.8, 4) is 11.1 Å². The number of nitrogens with one attached hydrogen (secondary N) is 3. The van der Waals surface area contributed by atoms with Crippen molar-refractivity contribution in [3.63, 3.8) is 0 Å². The maximum atomic E-state index is 14.2. The topological polar surface area (TPSA) is 77.8 Å². The molecule has 0 spiro atoms. The first-order valence-electron chi connectivity index (χ1n) is 9.55. The van der Waals surface area contributed by atoms with Gasteiger partial charge in [0.2, 0.25) is 5.91 Å². The van der Waals surface area contributed by atoms with Gasteiger partial charge >= 0.3 is 5.69 Å². The number of hydrogen-bond donors (Lipinski definition) is 3. The van der Waals surface area contributed by atoms with Crippen molar-refractivity contribution in [2.75, 3.05) is 5.32 Å². The van der Waals surface area contributed by atoms with Gasteiger partial charge in [-0.05, 0) is 48.7 Å². The van der Waals surface area contributed by atoms with Crippen LogP contribution in [0.15, 0.2) is 65.5 Å². The zero-order valence-corrected chi connectivity index (χ0v) is 16.0. The molecule has 3 aromatic carbocycles. The standard InChI is InChI=1S/C23H19F2N3O2/c24-16-7-4-8-17(25)22(16)15-6-1-2-9-18(15)26-21(29)10-3-5-14-11-12-19-20(13-14)28-23(30)27-19/h1-2,4,6-9,11-13H,3,5,10H2,(H,26,29)(H2,27,28,30). The second kappa shape index (κ2) is 8.32. The van der Waals surface area contributed by atoms with Crippen LogP contribution >= 0.6 is 0 Å². The summed E-state index contributed by atoms with van der Waals surface area (Å²) in [6.45, 7) is 0. The molecular formula is C23H19F2N3O2. The molecule has 1 heterocycles. The molecule has 0 aliphatic rings. The molecule has 0 aliphatic carbocycles. The second-order valence-corrected chi connectivity index (χ2v) is 7.00. The van der Waals surface area contributed by atoms with Crippen molar-refractivity contribution in [1.29, 1.82) is 0 Å². The van der Waals surface area contributed by atoms with E-state index in [0.717, 1.165) is 16.6 Å². The van der Waals surface area contributed by atoms with E-state index in [0.29, 0.717) is 24.1 Å². The number of hydrogen-bond acceptors (Lipinski definition) is 2. The van der Waals surface area contributed by atoms with Crippen LogP contribution in [0.4, 0.5) is 14.5 Å². The van der Waals surface area contributed by atoms with Crippen LogP contribution in [0.2, 0.25) is 0 Å². The predicted molar refractivity (Wildman–Crippen MR) is 112 cm³/mol. The molecule has 152 valence electrons. The fourth-order valence-corrected chi connectivity index (χ4v) is 3.47. The lowest BCUT2D eigenvalue weighted by molar-refractivity contribution is -0.116. The Hall–Kier alpha value is -3.74. The zero-order valence-electron chi connectivity index (χ0n) is 16.0. The fourth-order valence-electron chi connectivity index (χ4n) is 3.47. The van der Waals surface area contributed by atoms with Crippen LogP contribution in [0.25, 0.3) is 22.2 Å². The van der Waals surface area contributed by atoms with E-state index in [1.165, 1.54) is 18.2 Å². The zero-order chi connectivity index (χ0) is 21.1. The summed E-state index contributed by atoms with van der Waals surface area (Å²) in [5.41, 5.74) is 2.69. The van der Waals surface area contributed by atoms with E-state index >= 15 is 0 Å². The molecule has 0 saturated carbocycles. The van der Waals surface area contributed by atoms with Crippen LogP contribution in [-0.4, -0.2) is 15.9 Å². The van der Waals surface area contributed by atoms with Crippen molar-refractivity contribution in [1.82, 2.24) is 9.97 Å². The van der Waals surface area contributed by atoms with Crippen molar-refractivity contribution in [2.24, 2.45) is 0 Å². The molecule has 7 heteroatoms. The van der Waals surface area contributed by atoms with Crippen LogP contribution in [0, 0.1) is 11.6 Å². The van der Waals surface area contributed by atoms with E-state index in [9.17, 15) is 18.4 Å². The van der Waals surface area contributed by atoms with E-state index in [4.69, 9.17) is 0 Å². The fraction of sp³-hybridized carbons (Fsp3) is 0.130. The van der Waals surface area contributed by atoms with Gasteiger partial charge in [0, 0.05) is 17.7 Å². The number of aromatic amines is 2. The first-order valence-corrected chi connectivity index (χ1v) is 9.55. The quantitative estimate of drug-likeness (QED) is 0.431. The number of carbonyl (C=O) groups excluding carboxylic acids is 1. The summed E-state index contributed by atoms with van der Waals surface area (Å²) in [5, 5.41) is 2.76. The van der Waals surface area contributed by atoms with Gasteiger partial charge in [-0.1, -0.05) is 30.3 Å². The van der Waals surface area contributed by atoms with Gasteiger partial charge in [-0.15, -0.1) is 0 Å². The van der Waals surface area contributed by atoms with Gasteiger partial charge in [0.15, 0.2) is 0 Å². The lowest BCUT2D eigenvalue weighted by atomic mass is 10.0. The van der Waals surface area contributed by atoms with E-state index in [1.807, 2.05) is 18.2 Å². The summed E-state index contributed by atoms with van der Waals surface area (Å²) in [4.78, 5) is 29.2. The normalized spacial score (nSPS) is 11.0. The van der Waals surface area contributed by atoms with Crippen molar-refractivity contribution < 1.29 is 13.6 Å². The number of fused-ring (bicyclic) bond motifs is 1. The molecule has 0 saturated heterocycles. The van der Waals surface area contributed by atoms with Crippen LogP contribution in [0.3, 0.4) is 0 Å². The summed E-state index contributed by atoms with van der Waals surface area (Å²) < 4.78 is 28.4. The van der Waals surface area contributed by atoms with Gasteiger partial charge in [-0.2, -0.15) is 0 Å². The number of anilines is 1. The minimum absolute atomic E-state index is 0.165. The third kappa shape index (κ3) is 4.15. The Kier molecular flexibility index (Phi) is 5.43. The summed E-state index contributed by atoms with van der Waals surface area (Å²) >= 11 is 0. The third-order valence-corrected chi connectivity index (χ3v) is 4.88. The molecule has 1 amide bonds. The molecular weight excluding hydrogens is 388 g/mol. The number of benzene rings is 3. The van der Waals surface area contributed by atoms with Crippen LogP contribution in [0.1, 0.15) is 18.4 Å². The number of imidazole rings is 1. The molecule has 0 bridgehead atoms. The number of aromatic nitrogens is 2. The van der Waals surface area contributed by atoms with Gasteiger partial charge in [-0.25, -0.2) is 13.6 Å². The molecule has 4 rings (SSSR count). The number of para-hydroxylation sites is 1. The van der Waals surface area contributed by atoms with E-state index in [2.05, 4.69) is 15.3 Å². The van der Waals surface area contributed by atoms with Crippen LogP contribution in [-0.2, 0) is 11.2 Å². The Labute approximate surface area is 170 Å². The lowest BCUT2D eigenvalue weighted by Gasteiger charge is -2.12. The van der Waals surface area contributed by atoms with Gasteiger partial charge in [0.05, 0.1) is 16.6 Å². The number of amides is 1. The van der Waals surface area contributed by atoms with E-state index < -0.39 is 11.6 Å². The number of aryl methyl sites for hydroxylation is 1. The Morgan fingerprint density at radius 3 is 2.43 bits per heavy atom. The summed E-state index contributed by atoms with van der Waals surface area (Å²) in [7, 11) is 0. The highest BCUT2D eigenvalue weighted by Gasteiger charge is 2.15. The minimum Gasteiger partial charge on any atom is -0.326 e. The Morgan fingerprint density at radius 2 is 1.63 bits per heavy atom. The van der Waals surface area contributed by atoms with Crippen molar-refractivity contribution in [3.05, 3.63) is 88.3 Å². The average Bonchev–Trinajstić information content (AvgIpc) is 3.08. The summed E-state index contributed by atoms with van der Waals surface area (Å²) in [6.07, 6.45) is 1.48. The summed E-state index contributed by atoms with van der Waals surface area (Å²) in [6, 6.07) is 15.8. The first kappa shape index (κ1) is 19.6. The molecule has 0 unspecified atom stereocenters. The summed E-state index contributed by atoms with van der Waals surface area (Å²) in [5.74, 6) is -1.61. The molecule has 3 N–H and O–H groups in total. The number of halogens is 2. The van der Waals surface area contributed by atoms with E-state index in [1.54, 1.807) is 24.3 Å². The van der Waals surface area contributed by atoms with Gasteiger partial charge in [0.1, 0.15) is 11.6 Å². The average molecular weight is 407 g/mol. The molecule has 4 aromatic rings. The van der Waals surface area contributed by atoms with Crippen LogP contribution < -0.4 is 11.0 Å². The number of H-pyrrole nitrogens is 2. The number of carbonyl (C=O) groups is 1. The highest BCUT2D eigenvalue weighted by Crippen LogP contribution is 2.32. The Morgan fingerprint density at radius 1 is 0.900 bits per heavy atom. The third-order valence-electron chi connectivity index (χ3n) is 4.88. The monoisotopic (exact) mass is 407 g/mol. The highest BCUT2D eigenvalue weighted by molar-refractivity contribution is 5.95. The Balaban J connectivity index is 1.42. The second-order valence-electron chi connectivity index (χ2n) is 7.00. The molecule has 1 aromatic heterocycles. The molecule has 0 radical (unpaired) electrons. The van der Waals surface area contributed by atoms with Gasteiger partial charge in [0.25, 0.3) is 0 Å². The van der Waals surface area contributed by atoms with E-state index in [-0.39, 0.29) is 23.6 Å². The molecule has 0 fully saturated rings. The van der Waals surface area contributed by atoms with Gasteiger partial charge < -0.3 is 15.3 Å². The maximum absolute atomic E-state index is 14.2. The number of rotatable bonds is 6. The van der Waals surface area contributed by atoms with Gasteiger partial charge in [-0.3, -0.25) is 4.79 Å². The minimum atomic E-state index is -0.685. The maximum Gasteiger partial charge on any atom is 0.323 e. The Bertz CT molecular complexity index is 1260. The first-order chi connectivity index (χ1) is 14.5. The smallest absolute Gasteiger partial charge is 0.323 e. The van der Waals surface area contributed by atoms with Crippen LogP contribution in [0.5, 0.6) is 0 Å². The molecule has 30 heavy (non-hydrogen) atoms. The molecule has 5 nitrogen and oxygen atoms in total. The van der Waals surface area contributed by atoms with Crippen molar-refractivity contribution >= 4 is 22.6 Å². The van der Waals surface area contributed by atoms with Crippen molar-refractivity contribution in [2.45, 2.75) is 19.3 Å². The highest BCUT2D eigenvalue weighted by atomic mass is 19.1. The largest absolute Gasteiger partial charge is 0.326 e. The SMILES string of the molecule is O=C(CCCc1ccc2[nH]c(=O)[nH]c2c1)Nc1ccccc1-c1c(F)cccc1F. The molecule has 0 atom stereocenters. The predicted octanol–water partition coefficient (Wildman–Crippen LogP) is 4.76. The lowest BCUT2D eigenvalue weighted by Crippen LogP contribution is -2.12. The molecule has 0 aliphatic heterocycles.